The summed E-state index contributed by atoms with van der Waals surface area (Å²) in [5.41, 5.74) is 6.71. The first-order valence-electron chi connectivity index (χ1n) is 6.31. The number of carboxylic acid groups (broad SMARTS) is 1. The summed E-state index contributed by atoms with van der Waals surface area (Å²) in [6.45, 7) is 2.03. The van der Waals surface area contributed by atoms with E-state index >= 15 is 0 Å². The Morgan fingerprint density at radius 2 is 1.89 bits per heavy atom. The van der Waals surface area contributed by atoms with E-state index in [0.717, 1.165) is 12.8 Å². The fourth-order valence-corrected chi connectivity index (χ4v) is 1.81. The van der Waals surface area contributed by atoms with Crippen LogP contribution in [0.15, 0.2) is 24.3 Å². The molecular weight excluding hydrogens is 244 g/mol. The zero-order valence-corrected chi connectivity index (χ0v) is 11.3. The molecule has 1 amide bonds. The van der Waals surface area contributed by atoms with Crippen LogP contribution < -0.4 is 10.6 Å². The summed E-state index contributed by atoms with van der Waals surface area (Å²) in [7, 11) is 1.66. The summed E-state index contributed by atoms with van der Waals surface area (Å²) in [4.78, 5) is 24.2. The van der Waals surface area contributed by atoms with E-state index in [1.165, 1.54) is 17.0 Å². The number of hydrogen-bond donors (Lipinski definition) is 2. The molecule has 5 nitrogen and oxygen atoms in total. The second-order valence-corrected chi connectivity index (χ2v) is 4.56. The molecule has 1 aromatic rings. The lowest BCUT2D eigenvalue weighted by Gasteiger charge is -2.19. The minimum Gasteiger partial charge on any atom is -0.478 e. The number of carbonyl (C=O) groups is 2. The number of nitrogens with zero attached hydrogens (tertiary/aromatic N) is 1. The standard InChI is InChI=1S/C14H20N2O3/c1-3-4-11(15)9-13(17)16(2)12-7-5-10(6-8-12)14(18)19/h5-8,11H,3-4,9,15H2,1-2H3,(H,18,19). The van der Waals surface area contributed by atoms with Crippen LogP contribution in [-0.4, -0.2) is 30.1 Å². The van der Waals surface area contributed by atoms with Crippen LogP contribution in [0.2, 0.25) is 0 Å². The third-order valence-corrected chi connectivity index (χ3v) is 2.97. The van der Waals surface area contributed by atoms with Crippen molar-refractivity contribution in [3.63, 3.8) is 0 Å². The molecule has 0 radical (unpaired) electrons. The van der Waals surface area contributed by atoms with Gasteiger partial charge in [-0.25, -0.2) is 4.79 Å². The van der Waals surface area contributed by atoms with Gasteiger partial charge in [0.1, 0.15) is 0 Å². The zero-order valence-electron chi connectivity index (χ0n) is 11.3. The highest BCUT2D eigenvalue weighted by Crippen LogP contribution is 2.15. The second-order valence-electron chi connectivity index (χ2n) is 4.56. The average molecular weight is 264 g/mol. The molecule has 104 valence electrons. The predicted molar refractivity (Wildman–Crippen MR) is 74.3 cm³/mol. The maximum Gasteiger partial charge on any atom is 0.335 e. The van der Waals surface area contributed by atoms with Crippen molar-refractivity contribution in [3.05, 3.63) is 29.8 Å². The normalized spacial score (nSPS) is 11.9. The number of rotatable bonds is 6. The monoisotopic (exact) mass is 264 g/mol. The molecule has 0 bridgehead atoms. The smallest absolute Gasteiger partial charge is 0.335 e. The number of amides is 1. The molecule has 1 rings (SSSR count). The van der Waals surface area contributed by atoms with Gasteiger partial charge in [0, 0.05) is 25.2 Å². The molecule has 0 aliphatic carbocycles. The Kier molecular flexibility index (Phi) is 5.51. The highest BCUT2D eigenvalue weighted by molar-refractivity contribution is 5.94. The summed E-state index contributed by atoms with van der Waals surface area (Å²) in [5.74, 6) is -1.05. The summed E-state index contributed by atoms with van der Waals surface area (Å²) in [6.07, 6.45) is 2.06. The van der Waals surface area contributed by atoms with Gasteiger partial charge in [-0.05, 0) is 30.7 Å². The van der Waals surface area contributed by atoms with Crippen LogP contribution in [-0.2, 0) is 4.79 Å². The van der Waals surface area contributed by atoms with Crippen LogP contribution in [0.5, 0.6) is 0 Å². The third kappa shape index (κ3) is 4.37. The Morgan fingerprint density at radius 1 is 1.32 bits per heavy atom. The van der Waals surface area contributed by atoms with Crippen molar-refractivity contribution >= 4 is 17.6 Å². The lowest BCUT2D eigenvalue weighted by Crippen LogP contribution is -2.33. The fraction of sp³-hybridized carbons (Fsp3) is 0.429. The zero-order chi connectivity index (χ0) is 14.4. The molecule has 0 aliphatic heterocycles. The van der Waals surface area contributed by atoms with Gasteiger partial charge in [-0.3, -0.25) is 4.79 Å². The molecule has 0 spiro atoms. The molecule has 0 aromatic heterocycles. The maximum atomic E-state index is 12.0. The summed E-state index contributed by atoms with van der Waals surface area (Å²) < 4.78 is 0. The van der Waals surface area contributed by atoms with Crippen LogP contribution in [0.25, 0.3) is 0 Å². The Bertz CT molecular complexity index is 443. The molecule has 0 aliphatic rings. The number of nitrogens with two attached hydrogens (primary N) is 1. The van der Waals surface area contributed by atoms with Gasteiger partial charge in [-0.2, -0.15) is 0 Å². The van der Waals surface area contributed by atoms with Gasteiger partial charge in [0.2, 0.25) is 5.91 Å². The van der Waals surface area contributed by atoms with E-state index in [9.17, 15) is 9.59 Å². The molecule has 19 heavy (non-hydrogen) atoms. The van der Waals surface area contributed by atoms with Gasteiger partial charge in [-0.15, -0.1) is 0 Å². The molecule has 1 atom stereocenters. The first kappa shape index (κ1) is 15.2. The van der Waals surface area contributed by atoms with E-state index in [1.807, 2.05) is 6.92 Å². The Morgan fingerprint density at radius 3 is 2.37 bits per heavy atom. The van der Waals surface area contributed by atoms with Crippen LogP contribution in [0.4, 0.5) is 5.69 Å². The number of carbonyl (C=O) groups excluding carboxylic acids is 1. The van der Waals surface area contributed by atoms with Crippen molar-refractivity contribution in [2.75, 3.05) is 11.9 Å². The molecule has 0 saturated carbocycles. The molecule has 3 N–H and O–H groups in total. The Balaban J connectivity index is 2.68. The minimum absolute atomic E-state index is 0.0657. The number of aromatic carboxylic acids is 1. The van der Waals surface area contributed by atoms with Crippen LogP contribution in [0.3, 0.4) is 0 Å². The average Bonchev–Trinajstić information content (AvgIpc) is 2.38. The van der Waals surface area contributed by atoms with Gasteiger partial charge in [0.25, 0.3) is 0 Å². The van der Waals surface area contributed by atoms with Crippen molar-refractivity contribution in [3.8, 4) is 0 Å². The van der Waals surface area contributed by atoms with Crippen molar-refractivity contribution in [2.45, 2.75) is 32.2 Å². The minimum atomic E-state index is -0.981. The van der Waals surface area contributed by atoms with E-state index in [4.69, 9.17) is 10.8 Å². The summed E-state index contributed by atoms with van der Waals surface area (Å²) in [6, 6.07) is 6.07. The lowest BCUT2D eigenvalue weighted by molar-refractivity contribution is -0.118. The van der Waals surface area contributed by atoms with Crippen molar-refractivity contribution in [1.29, 1.82) is 0 Å². The van der Waals surface area contributed by atoms with Gasteiger partial charge in [0.05, 0.1) is 5.56 Å². The summed E-state index contributed by atoms with van der Waals surface area (Å²) in [5, 5.41) is 8.80. The molecule has 0 saturated heterocycles. The van der Waals surface area contributed by atoms with Gasteiger partial charge < -0.3 is 15.7 Å². The number of anilines is 1. The molecule has 5 heteroatoms. The van der Waals surface area contributed by atoms with E-state index < -0.39 is 5.97 Å². The number of benzene rings is 1. The highest BCUT2D eigenvalue weighted by atomic mass is 16.4. The third-order valence-electron chi connectivity index (χ3n) is 2.97. The fourth-order valence-electron chi connectivity index (χ4n) is 1.81. The number of carboxylic acids is 1. The molecular formula is C14H20N2O3. The van der Waals surface area contributed by atoms with Crippen LogP contribution in [0, 0.1) is 0 Å². The quantitative estimate of drug-likeness (QED) is 0.821. The van der Waals surface area contributed by atoms with Crippen LogP contribution >= 0.6 is 0 Å². The molecule has 1 aromatic carbocycles. The first-order chi connectivity index (χ1) is 8.95. The van der Waals surface area contributed by atoms with E-state index in [-0.39, 0.29) is 17.5 Å². The predicted octanol–water partition coefficient (Wildman–Crippen LogP) is 1.87. The van der Waals surface area contributed by atoms with Gasteiger partial charge >= 0.3 is 5.97 Å². The topological polar surface area (TPSA) is 83.6 Å². The van der Waals surface area contributed by atoms with Gasteiger partial charge in [-0.1, -0.05) is 13.3 Å². The van der Waals surface area contributed by atoms with E-state index in [0.29, 0.717) is 12.1 Å². The largest absolute Gasteiger partial charge is 0.478 e. The highest BCUT2D eigenvalue weighted by Gasteiger charge is 2.15. The molecule has 0 fully saturated rings. The van der Waals surface area contributed by atoms with E-state index in [1.54, 1.807) is 19.2 Å². The Hall–Kier alpha value is -1.88. The second kappa shape index (κ2) is 6.89. The maximum absolute atomic E-state index is 12.0. The van der Waals surface area contributed by atoms with E-state index in [2.05, 4.69) is 0 Å². The Labute approximate surface area is 113 Å². The van der Waals surface area contributed by atoms with Gasteiger partial charge in [0.15, 0.2) is 0 Å². The van der Waals surface area contributed by atoms with Crippen molar-refractivity contribution in [2.24, 2.45) is 5.73 Å². The van der Waals surface area contributed by atoms with Crippen molar-refractivity contribution in [1.82, 2.24) is 0 Å². The van der Waals surface area contributed by atoms with Crippen LogP contribution in [0.1, 0.15) is 36.5 Å². The molecule has 0 heterocycles. The first-order valence-corrected chi connectivity index (χ1v) is 6.31. The lowest BCUT2D eigenvalue weighted by atomic mass is 10.1. The SMILES string of the molecule is CCCC(N)CC(=O)N(C)c1ccc(C(=O)O)cc1. The molecule has 1 unspecified atom stereocenters. The number of hydrogen-bond acceptors (Lipinski definition) is 3. The summed E-state index contributed by atoms with van der Waals surface area (Å²) >= 11 is 0. The van der Waals surface area contributed by atoms with Crippen molar-refractivity contribution < 1.29 is 14.7 Å².